The lowest BCUT2D eigenvalue weighted by molar-refractivity contribution is -0.120. The van der Waals surface area contributed by atoms with Crippen LogP contribution in [0.2, 0.25) is 5.02 Å². The van der Waals surface area contributed by atoms with Crippen LogP contribution in [0.5, 0.6) is 0 Å². The summed E-state index contributed by atoms with van der Waals surface area (Å²) < 4.78 is 0. The molecule has 0 spiro atoms. The first kappa shape index (κ1) is 14.7. The van der Waals surface area contributed by atoms with E-state index in [9.17, 15) is 9.59 Å². The van der Waals surface area contributed by atoms with Gasteiger partial charge in [0.2, 0.25) is 0 Å². The van der Waals surface area contributed by atoms with Gasteiger partial charge in [0, 0.05) is 18.6 Å². The molecule has 0 atom stereocenters. The molecular weight excluding hydrogens is 276 g/mol. The Bertz CT molecular complexity index is 579. The van der Waals surface area contributed by atoms with Crippen molar-refractivity contribution in [3.8, 4) is 0 Å². The largest absolute Gasteiger partial charge is 0.299 e. The zero-order chi connectivity index (χ0) is 14.8. The van der Waals surface area contributed by atoms with Gasteiger partial charge in [0.25, 0.3) is 5.91 Å². The van der Waals surface area contributed by atoms with Crippen LogP contribution in [0, 0.1) is 5.41 Å². The van der Waals surface area contributed by atoms with Crippen molar-refractivity contribution in [2.75, 3.05) is 0 Å². The minimum absolute atomic E-state index is 0.0940. The van der Waals surface area contributed by atoms with Gasteiger partial charge in [-0.2, -0.15) is 5.10 Å². The van der Waals surface area contributed by atoms with E-state index in [1.807, 2.05) is 13.8 Å². The first-order valence-electron chi connectivity index (χ1n) is 6.49. The minimum Gasteiger partial charge on any atom is -0.299 e. The van der Waals surface area contributed by atoms with E-state index in [0.29, 0.717) is 35.6 Å². The van der Waals surface area contributed by atoms with E-state index in [1.54, 1.807) is 24.3 Å². The molecule has 0 bridgehead atoms. The van der Waals surface area contributed by atoms with Gasteiger partial charge in [0.05, 0.1) is 10.6 Å². The van der Waals surface area contributed by atoms with Gasteiger partial charge in [-0.25, -0.2) is 5.43 Å². The number of ketones is 1. The average molecular weight is 293 g/mol. The third-order valence-corrected chi connectivity index (χ3v) is 3.52. The van der Waals surface area contributed by atoms with E-state index >= 15 is 0 Å². The highest BCUT2D eigenvalue weighted by molar-refractivity contribution is 6.33. The highest BCUT2D eigenvalue weighted by Crippen LogP contribution is 2.31. The minimum atomic E-state index is -0.362. The van der Waals surface area contributed by atoms with E-state index in [1.165, 1.54) is 0 Å². The average Bonchev–Trinajstić information content (AvgIpc) is 2.34. The fraction of sp³-hybridized carbons (Fsp3) is 0.400. The van der Waals surface area contributed by atoms with Crippen LogP contribution < -0.4 is 5.43 Å². The molecule has 4 nitrogen and oxygen atoms in total. The first-order valence-corrected chi connectivity index (χ1v) is 6.87. The first-order chi connectivity index (χ1) is 9.37. The Morgan fingerprint density at radius 3 is 2.65 bits per heavy atom. The zero-order valence-corrected chi connectivity index (χ0v) is 12.3. The Kier molecular flexibility index (Phi) is 4.23. The number of hydrogen-bond donors (Lipinski definition) is 1. The lowest BCUT2D eigenvalue weighted by Crippen LogP contribution is -2.31. The summed E-state index contributed by atoms with van der Waals surface area (Å²) in [6.07, 6.45) is 1.58. The summed E-state index contributed by atoms with van der Waals surface area (Å²) >= 11 is 5.95. The molecule has 0 aromatic heterocycles. The molecule has 20 heavy (non-hydrogen) atoms. The highest BCUT2D eigenvalue weighted by Gasteiger charge is 2.30. The van der Waals surface area contributed by atoms with Gasteiger partial charge in [0.15, 0.2) is 0 Å². The highest BCUT2D eigenvalue weighted by atomic mass is 35.5. The Morgan fingerprint density at radius 2 is 2.00 bits per heavy atom. The fourth-order valence-corrected chi connectivity index (χ4v) is 2.64. The number of amides is 1. The van der Waals surface area contributed by atoms with Crippen LogP contribution in [0.1, 0.15) is 43.5 Å². The Hall–Kier alpha value is -1.68. The van der Waals surface area contributed by atoms with Gasteiger partial charge in [-0.15, -0.1) is 0 Å². The van der Waals surface area contributed by atoms with Crippen LogP contribution in [0.4, 0.5) is 0 Å². The second-order valence-corrected chi connectivity index (χ2v) is 6.24. The third kappa shape index (κ3) is 3.67. The van der Waals surface area contributed by atoms with Crippen molar-refractivity contribution in [2.45, 2.75) is 33.1 Å². The van der Waals surface area contributed by atoms with Gasteiger partial charge in [0.1, 0.15) is 5.78 Å². The van der Waals surface area contributed by atoms with Crippen molar-refractivity contribution in [3.63, 3.8) is 0 Å². The summed E-state index contributed by atoms with van der Waals surface area (Å²) in [5.74, 6) is -0.203. The molecule has 1 aliphatic carbocycles. The summed E-state index contributed by atoms with van der Waals surface area (Å²) in [4.78, 5) is 23.6. The van der Waals surface area contributed by atoms with E-state index in [0.717, 1.165) is 0 Å². The zero-order valence-electron chi connectivity index (χ0n) is 11.6. The van der Waals surface area contributed by atoms with Crippen molar-refractivity contribution >= 4 is 29.0 Å². The summed E-state index contributed by atoms with van der Waals surface area (Å²) in [6, 6.07) is 6.78. The van der Waals surface area contributed by atoms with Gasteiger partial charge in [-0.05, 0) is 24.0 Å². The number of Topliss-reactive ketones (excluding diaryl/α,β-unsaturated/α-hetero) is 1. The molecule has 0 aliphatic heterocycles. The second-order valence-electron chi connectivity index (χ2n) is 5.83. The van der Waals surface area contributed by atoms with Crippen LogP contribution >= 0.6 is 11.6 Å². The van der Waals surface area contributed by atoms with E-state index < -0.39 is 0 Å². The lowest BCUT2D eigenvalue weighted by atomic mass is 9.76. The third-order valence-electron chi connectivity index (χ3n) is 3.19. The summed E-state index contributed by atoms with van der Waals surface area (Å²) in [7, 11) is 0. The molecule has 0 unspecified atom stereocenters. The van der Waals surface area contributed by atoms with Crippen molar-refractivity contribution < 1.29 is 9.59 Å². The monoisotopic (exact) mass is 292 g/mol. The summed E-state index contributed by atoms with van der Waals surface area (Å²) in [5, 5.41) is 4.46. The number of carbonyl (C=O) groups is 2. The SMILES string of the molecule is CC1(C)CC(=O)C/C(=N/NC(=O)c2ccccc2Cl)C1. The van der Waals surface area contributed by atoms with E-state index in [2.05, 4.69) is 10.5 Å². The van der Waals surface area contributed by atoms with Crippen molar-refractivity contribution in [2.24, 2.45) is 10.5 Å². The molecule has 1 amide bonds. The molecule has 1 N–H and O–H groups in total. The molecule has 1 aromatic carbocycles. The maximum absolute atomic E-state index is 12.0. The van der Waals surface area contributed by atoms with E-state index in [-0.39, 0.29) is 17.1 Å². The molecule has 106 valence electrons. The topological polar surface area (TPSA) is 58.5 Å². The normalized spacial score (nSPS) is 19.9. The molecule has 0 heterocycles. The molecule has 1 saturated carbocycles. The van der Waals surface area contributed by atoms with Crippen LogP contribution in [0.3, 0.4) is 0 Å². The quantitative estimate of drug-likeness (QED) is 0.851. The van der Waals surface area contributed by atoms with Crippen molar-refractivity contribution in [3.05, 3.63) is 34.9 Å². The van der Waals surface area contributed by atoms with Crippen molar-refractivity contribution in [1.29, 1.82) is 0 Å². The number of benzene rings is 1. The predicted octanol–water partition coefficient (Wildman–Crippen LogP) is 3.21. The van der Waals surface area contributed by atoms with Crippen LogP contribution in [-0.4, -0.2) is 17.4 Å². The van der Waals surface area contributed by atoms with Crippen LogP contribution in [0.25, 0.3) is 0 Å². The Labute approximate surface area is 123 Å². The molecule has 1 fully saturated rings. The summed E-state index contributed by atoms with van der Waals surface area (Å²) in [6.45, 7) is 4.05. The molecule has 0 radical (unpaired) electrons. The number of hydrogen-bond acceptors (Lipinski definition) is 3. The standard InChI is InChI=1S/C15H17ClN2O2/c1-15(2)8-10(7-11(19)9-15)17-18-14(20)12-5-3-4-6-13(12)16/h3-6H,7-9H2,1-2H3,(H,18,20)/b17-10-. The number of hydrazone groups is 1. The van der Waals surface area contributed by atoms with Gasteiger partial charge in [-0.1, -0.05) is 37.6 Å². The molecule has 0 saturated heterocycles. The molecule has 1 aliphatic rings. The van der Waals surface area contributed by atoms with Crippen molar-refractivity contribution in [1.82, 2.24) is 5.43 Å². The van der Waals surface area contributed by atoms with Crippen LogP contribution in [0.15, 0.2) is 29.4 Å². The maximum atomic E-state index is 12.0. The predicted molar refractivity (Wildman–Crippen MR) is 79.0 cm³/mol. The number of halogens is 1. The Morgan fingerprint density at radius 1 is 1.30 bits per heavy atom. The number of rotatable bonds is 2. The van der Waals surface area contributed by atoms with Gasteiger partial charge in [-0.3, -0.25) is 9.59 Å². The maximum Gasteiger partial charge on any atom is 0.272 e. The molecular formula is C15H17ClN2O2. The molecule has 1 aromatic rings. The van der Waals surface area contributed by atoms with Gasteiger partial charge >= 0.3 is 0 Å². The van der Waals surface area contributed by atoms with Crippen LogP contribution in [-0.2, 0) is 4.79 Å². The summed E-state index contributed by atoms with van der Waals surface area (Å²) in [5.41, 5.74) is 3.48. The fourth-order valence-electron chi connectivity index (χ4n) is 2.42. The lowest BCUT2D eigenvalue weighted by Gasteiger charge is -2.29. The number of carbonyl (C=O) groups excluding carboxylic acids is 2. The number of nitrogens with one attached hydrogen (secondary N) is 1. The second kappa shape index (κ2) is 5.75. The molecule has 2 rings (SSSR count). The number of nitrogens with zero attached hydrogens (tertiary/aromatic N) is 1. The van der Waals surface area contributed by atoms with E-state index in [4.69, 9.17) is 11.6 Å². The van der Waals surface area contributed by atoms with Gasteiger partial charge < -0.3 is 0 Å². The molecule has 5 heteroatoms. The smallest absolute Gasteiger partial charge is 0.272 e. The Balaban J connectivity index is 2.08.